The molecular formula is C22H34N6O3+2. The molecule has 2 atom stereocenters. The van der Waals surface area contributed by atoms with Crippen molar-refractivity contribution in [1.29, 1.82) is 0 Å². The van der Waals surface area contributed by atoms with E-state index in [1.165, 1.54) is 5.56 Å². The van der Waals surface area contributed by atoms with Gasteiger partial charge in [0.05, 0.1) is 12.6 Å². The number of tetrazole rings is 1. The number of piperazine rings is 1. The number of aromatic nitrogens is 4. The van der Waals surface area contributed by atoms with E-state index >= 15 is 0 Å². The van der Waals surface area contributed by atoms with Gasteiger partial charge in [-0.15, -0.1) is 5.10 Å². The van der Waals surface area contributed by atoms with Gasteiger partial charge in [-0.2, -0.15) is 0 Å². The molecule has 168 valence electrons. The third kappa shape index (κ3) is 4.53. The quantitative estimate of drug-likeness (QED) is 0.603. The average molecular weight is 431 g/mol. The zero-order valence-corrected chi connectivity index (χ0v) is 18.5. The van der Waals surface area contributed by atoms with Crippen LogP contribution in [0.3, 0.4) is 0 Å². The van der Waals surface area contributed by atoms with Gasteiger partial charge in [-0.1, -0.05) is 13.8 Å². The first-order valence-corrected chi connectivity index (χ1v) is 11.6. The lowest BCUT2D eigenvalue weighted by Gasteiger charge is -2.35. The number of fused-ring (bicyclic) bond motifs is 1. The summed E-state index contributed by atoms with van der Waals surface area (Å²) < 4.78 is 18.8. The highest BCUT2D eigenvalue weighted by atomic mass is 16.7. The molecule has 2 N–H and O–H groups in total. The van der Waals surface area contributed by atoms with Gasteiger partial charge in [0, 0.05) is 18.1 Å². The second-order valence-electron chi connectivity index (χ2n) is 9.35. The molecule has 0 spiro atoms. The maximum Gasteiger partial charge on any atom is 0.231 e. The molecule has 0 unspecified atom stereocenters. The van der Waals surface area contributed by atoms with Crippen molar-refractivity contribution in [1.82, 2.24) is 20.2 Å². The van der Waals surface area contributed by atoms with E-state index in [-0.39, 0.29) is 6.10 Å². The van der Waals surface area contributed by atoms with Crippen molar-refractivity contribution >= 4 is 0 Å². The molecule has 2 fully saturated rings. The van der Waals surface area contributed by atoms with E-state index in [1.807, 2.05) is 10.7 Å². The fourth-order valence-electron chi connectivity index (χ4n) is 5.25. The summed E-state index contributed by atoms with van der Waals surface area (Å²) in [5.74, 6) is 3.21. The molecule has 0 amide bonds. The summed E-state index contributed by atoms with van der Waals surface area (Å²) in [6.45, 7) is 12.1. The largest absolute Gasteiger partial charge is 0.454 e. The van der Waals surface area contributed by atoms with E-state index in [1.54, 1.807) is 9.80 Å². The molecular weight excluding hydrogens is 396 g/mol. The van der Waals surface area contributed by atoms with Crippen molar-refractivity contribution in [3.63, 3.8) is 0 Å². The van der Waals surface area contributed by atoms with Crippen LogP contribution in [0.25, 0.3) is 0 Å². The zero-order chi connectivity index (χ0) is 21.2. The summed E-state index contributed by atoms with van der Waals surface area (Å²) >= 11 is 0. The lowest BCUT2D eigenvalue weighted by molar-refractivity contribution is -1.03. The standard InChI is InChI=1S/C22H32N6O3/c1-16(2)21(22-23-24-25-28(22)14-18-4-3-11-29-18)27-9-7-26(8-10-27)13-17-5-6-19-20(12-17)31-15-30-19/h5-6,12,16,18,21H,3-4,7-11,13-15H2,1-2H3/p+2/t18-,21-/m0/s1. The lowest BCUT2D eigenvalue weighted by atomic mass is 10.0. The van der Waals surface area contributed by atoms with E-state index in [0.717, 1.165) is 76.0 Å². The Bertz CT molecular complexity index is 874. The summed E-state index contributed by atoms with van der Waals surface area (Å²) in [7, 11) is 0. The fraction of sp³-hybridized carbons (Fsp3) is 0.682. The highest BCUT2D eigenvalue weighted by Gasteiger charge is 2.37. The van der Waals surface area contributed by atoms with Crippen LogP contribution in [0.2, 0.25) is 0 Å². The van der Waals surface area contributed by atoms with Gasteiger partial charge < -0.3 is 24.0 Å². The number of nitrogens with zero attached hydrogens (tertiary/aromatic N) is 4. The zero-order valence-electron chi connectivity index (χ0n) is 18.5. The topological polar surface area (TPSA) is 80.2 Å². The number of ether oxygens (including phenoxy) is 3. The van der Waals surface area contributed by atoms with Crippen LogP contribution in [0.1, 0.15) is 44.1 Å². The minimum Gasteiger partial charge on any atom is -0.454 e. The molecule has 9 heteroatoms. The van der Waals surface area contributed by atoms with Crippen molar-refractivity contribution in [2.45, 2.75) is 51.9 Å². The molecule has 0 radical (unpaired) electrons. The molecule has 0 bridgehead atoms. The molecule has 5 rings (SSSR count). The van der Waals surface area contributed by atoms with E-state index in [2.05, 4.69) is 41.5 Å². The van der Waals surface area contributed by atoms with Gasteiger partial charge in [0.25, 0.3) is 0 Å². The highest BCUT2D eigenvalue weighted by molar-refractivity contribution is 5.44. The molecule has 0 aliphatic carbocycles. The second kappa shape index (κ2) is 9.10. The maximum absolute atomic E-state index is 5.82. The van der Waals surface area contributed by atoms with Crippen LogP contribution in [0.4, 0.5) is 0 Å². The van der Waals surface area contributed by atoms with Gasteiger partial charge in [-0.3, -0.25) is 0 Å². The number of nitrogens with one attached hydrogen (secondary N) is 2. The summed E-state index contributed by atoms with van der Waals surface area (Å²) in [5.41, 5.74) is 1.31. The van der Waals surface area contributed by atoms with Crippen LogP contribution in [-0.2, 0) is 17.8 Å². The van der Waals surface area contributed by atoms with E-state index in [4.69, 9.17) is 14.2 Å². The van der Waals surface area contributed by atoms with Crippen molar-refractivity contribution in [3.8, 4) is 11.5 Å². The number of benzene rings is 1. The third-order valence-electron chi connectivity index (χ3n) is 6.84. The number of hydrogen-bond donors (Lipinski definition) is 2. The molecule has 31 heavy (non-hydrogen) atoms. The van der Waals surface area contributed by atoms with Crippen molar-refractivity contribution in [3.05, 3.63) is 29.6 Å². The van der Waals surface area contributed by atoms with E-state index in [0.29, 0.717) is 18.8 Å². The van der Waals surface area contributed by atoms with E-state index < -0.39 is 0 Å². The molecule has 3 aliphatic rings. The number of quaternary nitrogens is 2. The summed E-state index contributed by atoms with van der Waals surface area (Å²) in [5, 5.41) is 12.8. The Balaban J connectivity index is 1.22. The van der Waals surface area contributed by atoms with Gasteiger partial charge >= 0.3 is 0 Å². The van der Waals surface area contributed by atoms with Crippen LogP contribution in [0.5, 0.6) is 11.5 Å². The first kappa shape index (κ1) is 20.7. The van der Waals surface area contributed by atoms with E-state index in [9.17, 15) is 0 Å². The minimum atomic E-state index is 0.244. The SMILES string of the molecule is CC(C)[C@@H](c1nnnn1C[C@@H]1CCCO1)[NH+]1CC[NH+](Cc2ccc3c(c2)OCO3)CC1. The molecule has 2 aromatic rings. The summed E-state index contributed by atoms with van der Waals surface area (Å²) in [6.07, 6.45) is 2.48. The van der Waals surface area contributed by atoms with Crippen LogP contribution in [0, 0.1) is 5.92 Å². The van der Waals surface area contributed by atoms with Crippen LogP contribution >= 0.6 is 0 Å². The van der Waals surface area contributed by atoms with Crippen molar-refractivity contribution in [2.24, 2.45) is 5.92 Å². The first-order chi connectivity index (χ1) is 15.2. The van der Waals surface area contributed by atoms with Crippen molar-refractivity contribution in [2.75, 3.05) is 39.6 Å². The highest BCUT2D eigenvalue weighted by Crippen LogP contribution is 2.32. The lowest BCUT2D eigenvalue weighted by Crippen LogP contribution is -3.27. The van der Waals surface area contributed by atoms with Gasteiger partial charge in [-0.25, -0.2) is 4.68 Å². The van der Waals surface area contributed by atoms with Crippen LogP contribution in [-0.4, -0.2) is 65.9 Å². The number of hydrogen-bond acceptors (Lipinski definition) is 6. The van der Waals surface area contributed by atoms with Crippen LogP contribution < -0.4 is 19.3 Å². The minimum absolute atomic E-state index is 0.244. The van der Waals surface area contributed by atoms with Gasteiger partial charge in [-0.05, 0) is 41.5 Å². The Morgan fingerprint density at radius 2 is 1.97 bits per heavy atom. The van der Waals surface area contributed by atoms with Crippen molar-refractivity contribution < 1.29 is 24.0 Å². The smallest absolute Gasteiger partial charge is 0.231 e. The second-order valence-corrected chi connectivity index (χ2v) is 9.35. The maximum atomic E-state index is 5.82. The first-order valence-electron chi connectivity index (χ1n) is 11.6. The average Bonchev–Trinajstić information content (AvgIpc) is 3.52. The molecule has 2 saturated heterocycles. The van der Waals surface area contributed by atoms with Gasteiger partial charge in [0.2, 0.25) is 12.6 Å². The third-order valence-corrected chi connectivity index (χ3v) is 6.84. The Kier molecular flexibility index (Phi) is 6.06. The summed E-state index contributed by atoms with van der Waals surface area (Å²) in [6, 6.07) is 6.63. The normalized spacial score (nSPS) is 26.5. The number of rotatable bonds is 7. The molecule has 0 saturated carbocycles. The predicted molar refractivity (Wildman–Crippen MR) is 112 cm³/mol. The molecule has 4 heterocycles. The molecule has 9 nitrogen and oxygen atoms in total. The summed E-state index contributed by atoms with van der Waals surface area (Å²) in [4.78, 5) is 3.21. The fourth-order valence-corrected chi connectivity index (χ4v) is 5.25. The van der Waals surface area contributed by atoms with Crippen LogP contribution in [0.15, 0.2) is 18.2 Å². The Hall–Kier alpha value is -2.23. The Labute approximate surface area is 183 Å². The van der Waals surface area contributed by atoms with Gasteiger partial charge in [0.1, 0.15) is 32.7 Å². The molecule has 1 aromatic carbocycles. The Morgan fingerprint density at radius 1 is 1.13 bits per heavy atom. The monoisotopic (exact) mass is 430 g/mol. The molecule has 1 aromatic heterocycles. The Morgan fingerprint density at radius 3 is 2.74 bits per heavy atom. The molecule has 3 aliphatic heterocycles. The van der Waals surface area contributed by atoms with Gasteiger partial charge in [0.15, 0.2) is 17.5 Å². The predicted octanol–water partition coefficient (Wildman–Crippen LogP) is -0.738.